The van der Waals surface area contributed by atoms with Crippen molar-refractivity contribution in [3.63, 3.8) is 0 Å². The van der Waals surface area contributed by atoms with E-state index in [1.54, 1.807) is 12.5 Å². The molecule has 0 atom stereocenters. The minimum absolute atomic E-state index is 0.0223. The van der Waals surface area contributed by atoms with E-state index in [0.717, 1.165) is 17.8 Å². The lowest BCUT2D eigenvalue weighted by atomic mass is 10.2. The number of anilines is 1. The largest absolute Gasteiger partial charge is 0.333 e. The van der Waals surface area contributed by atoms with Crippen LogP contribution in [0.2, 0.25) is 0 Å². The fourth-order valence-corrected chi connectivity index (χ4v) is 1.80. The van der Waals surface area contributed by atoms with Crippen molar-refractivity contribution in [2.75, 3.05) is 18.9 Å². The molecule has 1 amide bonds. The molecule has 0 bridgehead atoms. The Morgan fingerprint density at radius 3 is 3.05 bits per heavy atom. The highest BCUT2D eigenvalue weighted by Crippen LogP contribution is 2.12. The Bertz CT molecular complexity index is 522. The summed E-state index contributed by atoms with van der Waals surface area (Å²) >= 11 is 0. The van der Waals surface area contributed by atoms with Crippen LogP contribution < -0.4 is 10.6 Å². The van der Waals surface area contributed by atoms with Gasteiger partial charge in [-0.15, -0.1) is 0 Å². The summed E-state index contributed by atoms with van der Waals surface area (Å²) in [5.41, 5.74) is 1.96. The van der Waals surface area contributed by atoms with E-state index < -0.39 is 0 Å². The van der Waals surface area contributed by atoms with Gasteiger partial charge in [0.15, 0.2) is 0 Å². The number of rotatable bonds is 6. The lowest BCUT2D eigenvalue weighted by molar-refractivity contribution is -0.116. The predicted molar refractivity (Wildman–Crippen MR) is 74.9 cm³/mol. The molecular weight excluding hydrogens is 240 g/mol. The third-order valence-electron chi connectivity index (χ3n) is 2.74. The Hall–Kier alpha value is -2.14. The van der Waals surface area contributed by atoms with Gasteiger partial charge in [-0.05, 0) is 24.7 Å². The van der Waals surface area contributed by atoms with E-state index in [0.29, 0.717) is 13.0 Å². The molecule has 1 aromatic carbocycles. The van der Waals surface area contributed by atoms with Crippen molar-refractivity contribution in [2.24, 2.45) is 0 Å². The zero-order valence-corrected chi connectivity index (χ0v) is 11.0. The molecule has 0 aliphatic carbocycles. The SMILES string of the molecule is CNCCC(=O)Nc1cccc(Cn2ccnc2)c1. The Morgan fingerprint density at radius 2 is 2.32 bits per heavy atom. The van der Waals surface area contributed by atoms with Gasteiger partial charge in [0.2, 0.25) is 5.91 Å². The zero-order chi connectivity index (χ0) is 13.5. The molecule has 100 valence electrons. The fourth-order valence-electron chi connectivity index (χ4n) is 1.80. The minimum atomic E-state index is 0.0223. The van der Waals surface area contributed by atoms with Gasteiger partial charge >= 0.3 is 0 Å². The monoisotopic (exact) mass is 258 g/mol. The first kappa shape index (κ1) is 13.3. The average molecular weight is 258 g/mol. The Balaban J connectivity index is 1.97. The quantitative estimate of drug-likeness (QED) is 0.825. The van der Waals surface area contributed by atoms with Crippen molar-refractivity contribution in [3.05, 3.63) is 48.5 Å². The summed E-state index contributed by atoms with van der Waals surface area (Å²) in [5, 5.41) is 5.85. The maximum atomic E-state index is 11.6. The van der Waals surface area contributed by atoms with Crippen molar-refractivity contribution < 1.29 is 4.79 Å². The Labute approximate surface area is 112 Å². The van der Waals surface area contributed by atoms with Gasteiger partial charge in [-0.2, -0.15) is 0 Å². The van der Waals surface area contributed by atoms with Gasteiger partial charge in [-0.1, -0.05) is 12.1 Å². The third kappa shape index (κ3) is 4.22. The van der Waals surface area contributed by atoms with Crippen LogP contribution in [0, 0.1) is 0 Å². The number of carbonyl (C=O) groups excluding carboxylic acids is 1. The van der Waals surface area contributed by atoms with E-state index in [9.17, 15) is 4.79 Å². The summed E-state index contributed by atoms with van der Waals surface area (Å²) in [6.07, 6.45) is 5.92. The number of imidazole rings is 1. The molecule has 5 nitrogen and oxygen atoms in total. The van der Waals surface area contributed by atoms with Crippen LogP contribution in [-0.2, 0) is 11.3 Å². The molecule has 0 radical (unpaired) electrons. The lowest BCUT2D eigenvalue weighted by Crippen LogP contribution is -2.18. The number of hydrogen-bond acceptors (Lipinski definition) is 3. The van der Waals surface area contributed by atoms with Crippen LogP contribution in [0.5, 0.6) is 0 Å². The molecule has 0 spiro atoms. The van der Waals surface area contributed by atoms with E-state index in [4.69, 9.17) is 0 Å². The summed E-state index contributed by atoms with van der Waals surface area (Å²) in [4.78, 5) is 15.6. The summed E-state index contributed by atoms with van der Waals surface area (Å²) in [5.74, 6) is 0.0223. The second kappa shape index (κ2) is 6.70. The van der Waals surface area contributed by atoms with Gasteiger partial charge in [0, 0.05) is 37.6 Å². The first-order valence-electron chi connectivity index (χ1n) is 6.27. The molecule has 2 N–H and O–H groups in total. The van der Waals surface area contributed by atoms with Crippen LogP contribution in [-0.4, -0.2) is 29.1 Å². The fraction of sp³-hybridized carbons (Fsp3) is 0.286. The van der Waals surface area contributed by atoms with Gasteiger partial charge < -0.3 is 15.2 Å². The van der Waals surface area contributed by atoms with Gasteiger partial charge in [0.1, 0.15) is 0 Å². The highest BCUT2D eigenvalue weighted by molar-refractivity contribution is 5.90. The average Bonchev–Trinajstić information content (AvgIpc) is 2.89. The number of aromatic nitrogens is 2. The second-order valence-electron chi connectivity index (χ2n) is 4.34. The van der Waals surface area contributed by atoms with Crippen molar-refractivity contribution in [3.8, 4) is 0 Å². The Kier molecular flexibility index (Phi) is 4.69. The number of hydrogen-bond donors (Lipinski definition) is 2. The van der Waals surface area contributed by atoms with Crippen LogP contribution in [0.4, 0.5) is 5.69 Å². The molecule has 0 saturated carbocycles. The van der Waals surface area contributed by atoms with Crippen molar-refractivity contribution in [2.45, 2.75) is 13.0 Å². The maximum absolute atomic E-state index is 11.6. The Morgan fingerprint density at radius 1 is 1.42 bits per heavy atom. The van der Waals surface area contributed by atoms with E-state index in [1.807, 2.05) is 42.1 Å². The molecule has 2 rings (SSSR count). The van der Waals surface area contributed by atoms with Crippen LogP contribution in [0.3, 0.4) is 0 Å². The topological polar surface area (TPSA) is 59.0 Å². The first-order valence-corrected chi connectivity index (χ1v) is 6.27. The number of amides is 1. The van der Waals surface area contributed by atoms with E-state index in [1.165, 1.54) is 0 Å². The van der Waals surface area contributed by atoms with Gasteiger partial charge in [0.25, 0.3) is 0 Å². The maximum Gasteiger partial charge on any atom is 0.225 e. The number of carbonyl (C=O) groups is 1. The van der Waals surface area contributed by atoms with Crippen LogP contribution >= 0.6 is 0 Å². The smallest absolute Gasteiger partial charge is 0.225 e. The molecule has 1 heterocycles. The van der Waals surface area contributed by atoms with E-state index in [-0.39, 0.29) is 5.91 Å². The second-order valence-corrected chi connectivity index (χ2v) is 4.34. The summed E-state index contributed by atoms with van der Waals surface area (Å²) in [7, 11) is 1.83. The number of nitrogens with zero attached hydrogens (tertiary/aromatic N) is 2. The zero-order valence-electron chi connectivity index (χ0n) is 11.0. The molecular formula is C14H18N4O. The van der Waals surface area contributed by atoms with Crippen molar-refractivity contribution in [1.29, 1.82) is 0 Å². The standard InChI is InChI=1S/C14H18N4O/c1-15-6-5-14(19)17-13-4-2-3-12(9-13)10-18-8-7-16-11-18/h2-4,7-9,11,15H,5-6,10H2,1H3,(H,17,19). The molecule has 1 aromatic heterocycles. The highest BCUT2D eigenvalue weighted by Gasteiger charge is 2.02. The van der Waals surface area contributed by atoms with Gasteiger partial charge in [0.05, 0.1) is 6.33 Å². The molecule has 0 saturated heterocycles. The molecule has 0 unspecified atom stereocenters. The summed E-state index contributed by atoms with van der Waals surface area (Å²) in [6.45, 7) is 1.43. The number of nitrogens with one attached hydrogen (secondary N) is 2. The van der Waals surface area contributed by atoms with Crippen molar-refractivity contribution >= 4 is 11.6 Å². The number of benzene rings is 1. The molecule has 5 heteroatoms. The summed E-state index contributed by atoms with van der Waals surface area (Å²) < 4.78 is 1.99. The predicted octanol–water partition coefficient (Wildman–Crippen LogP) is 1.48. The molecule has 0 fully saturated rings. The van der Waals surface area contributed by atoms with Crippen LogP contribution in [0.25, 0.3) is 0 Å². The third-order valence-corrected chi connectivity index (χ3v) is 2.74. The summed E-state index contributed by atoms with van der Waals surface area (Å²) in [6, 6.07) is 7.86. The normalized spacial score (nSPS) is 10.4. The molecule has 2 aromatic rings. The first-order chi connectivity index (χ1) is 9.28. The van der Waals surface area contributed by atoms with Gasteiger partial charge in [-0.25, -0.2) is 4.98 Å². The lowest BCUT2D eigenvalue weighted by Gasteiger charge is -2.08. The molecule has 19 heavy (non-hydrogen) atoms. The molecule has 0 aliphatic rings. The van der Waals surface area contributed by atoms with Crippen molar-refractivity contribution in [1.82, 2.24) is 14.9 Å². The van der Waals surface area contributed by atoms with Crippen LogP contribution in [0.1, 0.15) is 12.0 Å². The molecule has 0 aliphatic heterocycles. The van der Waals surface area contributed by atoms with E-state index in [2.05, 4.69) is 15.6 Å². The highest BCUT2D eigenvalue weighted by atomic mass is 16.1. The van der Waals surface area contributed by atoms with E-state index >= 15 is 0 Å². The minimum Gasteiger partial charge on any atom is -0.333 e. The van der Waals surface area contributed by atoms with Crippen LogP contribution in [0.15, 0.2) is 43.0 Å². The van der Waals surface area contributed by atoms with Gasteiger partial charge in [-0.3, -0.25) is 4.79 Å².